The van der Waals surface area contributed by atoms with E-state index >= 15 is 0 Å². The van der Waals surface area contributed by atoms with E-state index in [0.29, 0.717) is 28.0 Å². The molecule has 1 N–H and O–H groups in total. The molecular weight excluding hydrogens is 342 g/mol. The van der Waals surface area contributed by atoms with Gasteiger partial charge in [-0.25, -0.2) is 0 Å². The summed E-state index contributed by atoms with van der Waals surface area (Å²) in [6.07, 6.45) is 0. The fraction of sp³-hybridized carbons (Fsp3) is 0.105. The monoisotopic (exact) mass is 357 g/mol. The van der Waals surface area contributed by atoms with E-state index < -0.39 is 0 Å². The molecule has 3 rings (SSSR count). The second kappa shape index (κ2) is 7.77. The maximum Gasteiger partial charge on any atom is 0.291 e. The van der Waals surface area contributed by atoms with Crippen molar-refractivity contribution < 1.29 is 18.7 Å². The normalized spacial score (nSPS) is 10.3. The van der Waals surface area contributed by atoms with Gasteiger partial charge in [-0.15, -0.1) is 0 Å². The second-order valence-corrected chi connectivity index (χ2v) is 5.63. The molecule has 1 aromatic heterocycles. The minimum Gasteiger partial charge on any atom is -0.497 e. The van der Waals surface area contributed by atoms with Crippen molar-refractivity contribution >= 4 is 23.2 Å². The van der Waals surface area contributed by atoms with Crippen LogP contribution in [0.1, 0.15) is 16.3 Å². The van der Waals surface area contributed by atoms with E-state index in [4.69, 9.17) is 25.5 Å². The number of furan rings is 1. The number of benzene rings is 2. The first kappa shape index (κ1) is 16.9. The molecule has 0 aliphatic heterocycles. The van der Waals surface area contributed by atoms with E-state index in [0.717, 1.165) is 0 Å². The fourth-order valence-electron chi connectivity index (χ4n) is 2.18. The predicted octanol–water partition coefficient (Wildman–Crippen LogP) is 4.77. The number of anilines is 1. The Morgan fingerprint density at radius 2 is 1.88 bits per heavy atom. The largest absolute Gasteiger partial charge is 0.497 e. The molecule has 0 aliphatic carbocycles. The lowest BCUT2D eigenvalue weighted by Crippen LogP contribution is -2.10. The van der Waals surface area contributed by atoms with E-state index in [-0.39, 0.29) is 18.3 Å². The summed E-state index contributed by atoms with van der Waals surface area (Å²) in [5, 5.41) is 3.35. The highest BCUT2D eigenvalue weighted by molar-refractivity contribution is 6.30. The minimum atomic E-state index is -0.345. The predicted molar refractivity (Wildman–Crippen MR) is 95.4 cm³/mol. The smallest absolute Gasteiger partial charge is 0.291 e. The van der Waals surface area contributed by atoms with Crippen molar-refractivity contribution in [3.63, 3.8) is 0 Å². The zero-order chi connectivity index (χ0) is 17.6. The Bertz CT molecular complexity index is 875. The molecule has 1 heterocycles. The maximum absolute atomic E-state index is 12.2. The van der Waals surface area contributed by atoms with Crippen molar-refractivity contribution in [3.05, 3.63) is 77.2 Å². The number of rotatable bonds is 6. The minimum absolute atomic E-state index is 0.201. The van der Waals surface area contributed by atoms with E-state index in [1.165, 1.54) is 0 Å². The van der Waals surface area contributed by atoms with Crippen molar-refractivity contribution in [1.82, 2.24) is 0 Å². The molecule has 0 spiro atoms. The van der Waals surface area contributed by atoms with E-state index in [1.54, 1.807) is 67.8 Å². The van der Waals surface area contributed by atoms with Crippen LogP contribution in [0.25, 0.3) is 0 Å². The van der Waals surface area contributed by atoms with Crippen molar-refractivity contribution in [2.45, 2.75) is 6.61 Å². The number of carbonyl (C=O) groups is 1. The summed E-state index contributed by atoms with van der Waals surface area (Å²) in [6, 6.07) is 17.5. The summed E-state index contributed by atoms with van der Waals surface area (Å²) < 4.78 is 16.2. The molecule has 25 heavy (non-hydrogen) atoms. The van der Waals surface area contributed by atoms with Gasteiger partial charge in [-0.1, -0.05) is 23.7 Å². The Kier molecular flexibility index (Phi) is 5.26. The van der Waals surface area contributed by atoms with Gasteiger partial charge in [-0.3, -0.25) is 4.79 Å². The number of methoxy groups -OCH3 is 1. The van der Waals surface area contributed by atoms with Crippen LogP contribution in [-0.2, 0) is 6.61 Å². The molecule has 0 unspecified atom stereocenters. The van der Waals surface area contributed by atoms with Gasteiger partial charge in [0.1, 0.15) is 23.9 Å². The van der Waals surface area contributed by atoms with Crippen LogP contribution < -0.4 is 14.8 Å². The summed E-state index contributed by atoms with van der Waals surface area (Å²) in [5.74, 6) is 1.68. The third-order valence-electron chi connectivity index (χ3n) is 3.39. The maximum atomic E-state index is 12.2. The topological polar surface area (TPSA) is 60.7 Å². The molecule has 0 fully saturated rings. The summed E-state index contributed by atoms with van der Waals surface area (Å²) >= 11 is 5.91. The van der Waals surface area contributed by atoms with Crippen LogP contribution in [0.2, 0.25) is 5.02 Å². The van der Waals surface area contributed by atoms with Crippen molar-refractivity contribution in [2.75, 3.05) is 12.4 Å². The lowest BCUT2D eigenvalue weighted by molar-refractivity contribution is 0.0992. The van der Waals surface area contributed by atoms with Crippen LogP contribution in [0.4, 0.5) is 5.69 Å². The SMILES string of the molecule is COc1cccc(NC(=O)c2ccc(COc3cccc(Cl)c3)o2)c1. The number of hydrogen-bond acceptors (Lipinski definition) is 4. The Morgan fingerprint density at radius 3 is 2.68 bits per heavy atom. The highest BCUT2D eigenvalue weighted by Gasteiger charge is 2.12. The Morgan fingerprint density at radius 1 is 1.08 bits per heavy atom. The van der Waals surface area contributed by atoms with Gasteiger partial charge in [-0.05, 0) is 42.5 Å². The standard InChI is InChI=1S/C19H16ClNO4/c1-23-15-6-3-5-14(11-15)21-19(22)18-9-8-17(25-18)12-24-16-7-2-4-13(20)10-16/h2-11H,12H2,1H3,(H,21,22). The average Bonchev–Trinajstić information content (AvgIpc) is 3.09. The number of carbonyl (C=O) groups excluding carboxylic acids is 1. The van der Waals surface area contributed by atoms with Gasteiger partial charge in [0.05, 0.1) is 7.11 Å². The van der Waals surface area contributed by atoms with Crippen LogP contribution in [0.5, 0.6) is 11.5 Å². The first-order valence-corrected chi connectivity index (χ1v) is 7.94. The lowest BCUT2D eigenvalue weighted by Gasteiger charge is -2.06. The van der Waals surface area contributed by atoms with Gasteiger partial charge >= 0.3 is 0 Å². The molecule has 0 saturated carbocycles. The van der Waals surface area contributed by atoms with Crippen molar-refractivity contribution in [1.29, 1.82) is 0 Å². The quantitative estimate of drug-likeness (QED) is 0.690. The van der Waals surface area contributed by atoms with Gasteiger partial charge in [0.15, 0.2) is 5.76 Å². The lowest BCUT2D eigenvalue weighted by atomic mass is 10.3. The summed E-state index contributed by atoms with van der Waals surface area (Å²) in [6.45, 7) is 0.201. The highest BCUT2D eigenvalue weighted by atomic mass is 35.5. The van der Waals surface area contributed by atoms with E-state index in [9.17, 15) is 4.79 Å². The Labute approximate surface area is 150 Å². The molecule has 0 bridgehead atoms. The van der Waals surface area contributed by atoms with Gasteiger partial charge in [0.2, 0.25) is 0 Å². The van der Waals surface area contributed by atoms with Gasteiger partial charge in [-0.2, -0.15) is 0 Å². The molecular formula is C19H16ClNO4. The molecule has 0 radical (unpaired) electrons. The average molecular weight is 358 g/mol. The number of amides is 1. The number of halogens is 1. The van der Waals surface area contributed by atoms with Crippen LogP contribution in [0.15, 0.2) is 65.1 Å². The van der Waals surface area contributed by atoms with Gasteiger partial charge in [0.25, 0.3) is 5.91 Å². The van der Waals surface area contributed by atoms with Crippen molar-refractivity contribution in [3.8, 4) is 11.5 Å². The number of ether oxygens (including phenoxy) is 2. The van der Waals surface area contributed by atoms with Crippen LogP contribution in [-0.4, -0.2) is 13.0 Å². The Hall–Kier alpha value is -2.92. The molecule has 5 nitrogen and oxygen atoms in total. The summed E-state index contributed by atoms with van der Waals surface area (Å²) in [7, 11) is 1.57. The fourth-order valence-corrected chi connectivity index (χ4v) is 2.36. The van der Waals surface area contributed by atoms with E-state index in [2.05, 4.69) is 5.32 Å². The van der Waals surface area contributed by atoms with Crippen LogP contribution in [0.3, 0.4) is 0 Å². The third kappa shape index (κ3) is 4.55. The zero-order valence-electron chi connectivity index (χ0n) is 13.5. The molecule has 0 aliphatic rings. The molecule has 6 heteroatoms. The number of hydrogen-bond donors (Lipinski definition) is 1. The molecule has 0 atom stereocenters. The molecule has 1 amide bonds. The number of nitrogens with one attached hydrogen (secondary N) is 1. The van der Waals surface area contributed by atoms with Gasteiger partial charge in [0, 0.05) is 16.8 Å². The van der Waals surface area contributed by atoms with Crippen LogP contribution in [0, 0.1) is 0 Å². The van der Waals surface area contributed by atoms with Crippen molar-refractivity contribution in [2.24, 2.45) is 0 Å². The first-order valence-electron chi connectivity index (χ1n) is 7.56. The molecule has 128 valence electrons. The second-order valence-electron chi connectivity index (χ2n) is 5.20. The Balaban J connectivity index is 1.61. The third-order valence-corrected chi connectivity index (χ3v) is 3.63. The molecule has 2 aromatic carbocycles. The first-order chi connectivity index (χ1) is 12.1. The summed E-state index contributed by atoms with van der Waals surface area (Å²) in [5.41, 5.74) is 0.623. The zero-order valence-corrected chi connectivity index (χ0v) is 14.2. The van der Waals surface area contributed by atoms with Crippen LogP contribution >= 0.6 is 11.6 Å². The highest BCUT2D eigenvalue weighted by Crippen LogP contribution is 2.20. The van der Waals surface area contributed by atoms with E-state index in [1.807, 2.05) is 0 Å². The molecule has 0 saturated heterocycles. The summed E-state index contributed by atoms with van der Waals surface area (Å²) in [4.78, 5) is 12.2. The molecule has 3 aromatic rings. The van der Waals surface area contributed by atoms with Gasteiger partial charge < -0.3 is 19.2 Å².